The van der Waals surface area contributed by atoms with Crippen molar-refractivity contribution in [3.05, 3.63) is 35.5 Å². The number of rotatable bonds is 7. The van der Waals surface area contributed by atoms with Crippen molar-refractivity contribution in [3.63, 3.8) is 0 Å². The Morgan fingerprint density at radius 3 is 2.62 bits per heavy atom. The number of pyridine rings is 1. The van der Waals surface area contributed by atoms with Gasteiger partial charge >= 0.3 is 0 Å². The highest BCUT2D eigenvalue weighted by Gasteiger charge is 2.26. The molecule has 0 amide bonds. The van der Waals surface area contributed by atoms with Gasteiger partial charge in [-0.1, -0.05) is 19.8 Å². The van der Waals surface area contributed by atoms with Gasteiger partial charge in [-0.05, 0) is 45.0 Å². The van der Waals surface area contributed by atoms with E-state index in [9.17, 15) is 0 Å². The van der Waals surface area contributed by atoms with E-state index < -0.39 is 0 Å². The third-order valence-electron chi connectivity index (χ3n) is 5.26. The smallest absolute Gasteiger partial charge is 0.155 e. The van der Waals surface area contributed by atoms with Gasteiger partial charge in [0.25, 0.3) is 0 Å². The third kappa shape index (κ3) is 4.48. The van der Waals surface area contributed by atoms with Crippen molar-refractivity contribution in [2.24, 2.45) is 0 Å². The van der Waals surface area contributed by atoms with Crippen LogP contribution in [0.25, 0.3) is 5.82 Å². The molecule has 0 aliphatic carbocycles. The zero-order valence-corrected chi connectivity index (χ0v) is 16.6. The molecule has 1 fully saturated rings. The van der Waals surface area contributed by atoms with Crippen LogP contribution in [0, 0.1) is 6.92 Å². The van der Waals surface area contributed by atoms with Crippen molar-refractivity contribution in [3.8, 4) is 5.82 Å². The predicted octanol–water partition coefficient (Wildman–Crippen LogP) is 3.01. The largest absolute Gasteiger partial charge is 0.304 e. The fourth-order valence-electron chi connectivity index (χ4n) is 3.46. The second kappa shape index (κ2) is 8.73. The van der Waals surface area contributed by atoms with Gasteiger partial charge in [-0.3, -0.25) is 4.90 Å². The molecule has 142 valence electrons. The van der Waals surface area contributed by atoms with E-state index in [2.05, 4.69) is 48.7 Å². The highest BCUT2D eigenvalue weighted by atomic mass is 15.4. The molecular formula is C20H32N6. The minimum atomic E-state index is 0.235. The molecule has 6 nitrogen and oxygen atoms in total. The van der Waals surface area contributed by atoms with Crippen molar-refractivity contribution < 1.29 is 0 Å². The van der Waals surface area contributed by atoms with Gasteiger partial charge in [0.1, 0.15) is 0 Å². The number of aromatic nitrogens is 4. The van der Waals surface area contributed by atoms with Crippen molar-refractivity contribution in [2.75, 3.05) is 33.2 Å². The molecule has 1 aliphatic heterocycles. The number of hydrogen-bond acceptors (Lipinski definition) is 5. The van der Waals surface area contributed by atoms with Gasteiger partial charge in [-0.2, -0.15) is 4.68 Å². The van der Waals surface area contributed by atoms with Crippen molar-refractivity contribution >= 4 is 0 Å². The first-order chi connectivity index (χ1) is 12.6. The maximum Gasteiger partial charge on any atom is 0.155 e. The van der Waals surface area contributed by atoms with E-state index in [-0.39, 0.29) is 6.04 Å². The maximum atomic E-state index is 4.94. The summed E-state index contributed by atoms with van der Waals surface area (Å²) in [7, 11) is 2.19. The number of aryl methyl sites for hydroxylation is 2. The SMILES string of the molecule is CCCCCc1nc([C@@H](C)N2CCN(C)CC2)n(-c2cc(C)ccn2)n1. The number of likely N-dealkylation sites (N-methyl/N-ethyl adjacent to an activating group) is 1. The lowest BCUT2D eigenvalue weighted by Gasteiger charge is -2.35. The van der Waals surface area contributed by atoms with E-state index in [1.54, 1.807) is 0 Å². The molecule has 6 heteroatoms. The fraction of sp³-hybridized carbons (Fsp3) is 0.650. The average Bonchev–Trinajstić information content (AvgIpc) is 3.06. The van der Waals surface area contributed by atoms with Crippen LogP contribution >= 0.6 is 0 Å². The van der Waals surface area contributed by atoms with Crippen LogP contribution in [-0.4, -0.2) is 62.8 Å². The summed E-state index contributed by atoms with van der Waals surface area (Å²) in [4.78, 5) is 14.4. The van der Waals surface area contributed by atoms with Crippen molar-refractivity contribution in [1.82, 2.24) is 29.5 Å². The van der Waals surface area contributed by atoms with Crippen LogP contribution in [0.3, 0.4) is 0 Å². The Morgan fingerprint density at radius 2 is 1.92 bits per heavy atom. The number of hydrogen-bond donors (Lipinski definition) is 0. The summed E-state index contributed by atoms with van der Waals surface area (Å²) in [5.41, 5.74) is 1.19. The molecule has 0 spiro atoms. The van der Waals surface area contributed by atoms with Crippen molar-refractivity contribution in [2.45, 2.75) is 52.5 Å². The molecule has 0 aromatic carbocycles. The molecule has 0 unspecified atom stereocenters. The fourth-order valence-corrected chi connectivity index (χ4v) is 3.46. The van der Waals surface area contributed by atoms with Crippen LogP contribution in [0.4, 0.5) is 0 Å². The number of piperazine rings is 1. The zero-order chi connectivity index (χ0) is 18.5. The molecule has 26 heavy (non-hydrogen) atoms. The number of nitrogens with zero attached hydrogens (tertiary/aromatic N) is 6. The summed E-state index contributed by atoms with van der Waals surface area (Å²) in [5, 5.41) is 4.83. The van der Waals surface area contributed by atoms with E-state index >= 15 is 0 Å². The second-order valence-electron chi connectivity index (χ2n) is 7.46. The van der Waals surface area contributed by atoms with Gasteiger partial charge in [-0.25, -0.2) is 9.97 Å². The zero-order valence-electron chi connectivity index (χ0n) is 16.6. The predicted molar refractivity (Wildman–Crippen MR) is 105 cm³/mol. The van der Waals surface area contributed by atoms with E-state index in [1.807, 2.05) is 16.9 Å². The molecule has 2 aromatic heterocycles. The Balaban J connectivity index is 1.88. The average molecular weight is 357 g/mol. The minimum Gasteiger partial charge on any atom is -0.304 e. The molecular weight excluding hydrogens is 324 g/mol. The molecule has 1 aliphatic rings. The monoisotopic (exact) mass is 356 g/mol. The Kier molecular flexibility index (Phi) is 6.38. The Bertz CT molecular complexity index is 702. The first kappa shape index (κ1) is 19.0. The second-order valence-corrected chi connectivity index (χ2v) is 7.46. The molecule has 0 radical (unpaired) electrons. The number of unbranched alkanes of at least 4 members (excludes halogenated alkanes) is 2. The summed E-state index contributed by atoms with van der Waals surface area (Å²) in [6, 6.07) is 4.34. The topological polar surface area (TPSA) is 50.1 Å². The molecule has 3 rings (SSSR count). The Labute approximate surface area is 157 Å². The van der Waals surface area contributed by atoms with Gasteiger partial charge in [0.05, 0.1) is 6.04 Å². The van der Waals surface area contributed by atoms with Crippen LogP contribution < -0.4 is 0 Å². The highest BCUT2D eigenvalue weighted by molar-refractivity contribution is 5.28. The van der Waals surface area contributed by atoms with Crippen LogP contribution in [0.1, 0.15) is 56.4 Å². The van der Waals surface area contributed by atoms with Gasteiger partial charge in [-0.15, -0.1) is 5.10 Å². The van der Waals surface area contributed by atoms with E-state index in [1.165, 1.54) is 18.4 Å². The van der Waals surface area contributed by atoms with Crippen LogP contribution in [0.2, 0.25) is 0 Å². The molecule has 2 aromatic rings. The molecule has 0 saturated carbocycles. The molecule has 0 bridgehead atoms. The van der Waals surface area contributed by atoms with Gasteiger partial charge in [0, 0.05) is 38.8 Å². The van der Waals surface area contributed by atoms with Crippen molar-refractivity contribution in [1.29, 1.82) is 0 Å². The van der Waals surface area contributed by atoms with Crippen LogP contribution in [0.5, 0.6) is 0 Å². The molecule has 3 heterocycles. The van der Waals surface area contributed by atoms with Gasteiger partial charge in [0.15, 0.2) is 17.5 Å². The molecule has 1 atom stereocenters. The van der Waals surface area contributed by atoms with Gasteiger partial charge in [0.2, 0.25) is 0 Å². The van der Waals surface area contributed by atoms with E-state index in [4.69, 9.17) is 10.1 Å². The van der Waals surface area contributed by atoms with Crippen LogP contribution in [-0.2, 0) is 6.42 Å². The van der Waals surface area contributed by atoms with Crippen LogP contribution in [0.15, 0.2) is 18.3 Å². The van der Waals surface area contributed by atoms with E-state index in [0.29, 0.717) is 0 Å². The quantitative estimate of drug-likeness (QED) is 0.714. The first-order valence-corrected chi connectivity index (χ1v) is 9.90. The summed E-state index contributed by atoms with van der Waals surface area (Å²) in [6.07, 6.45) is 6.37. The highest BCUT2D eigenvalue weighted by Crippen LogP contribution is 2.23. The summed E-state index contributed by atoms with van der Waals surface area (Å²) in [6.45, 7) is 10.9. The normalized spacial score (nSPS) is 17.5. The standard InChI is InChI=1S/C20H32N6/c1-5-6-7-8-18-22-20(17(3)25-13-11-24(4)12-14-25)26(23-18)19-15-16(2)9-10-21-19/h9-10,15,17H,5-8,11-14H2,1-4H3/t17-/m1/s1. The Morgan fingerprint density at radius 1 is 1.15 bits per heavy atom. The lowest BCUT2D eigenvalue weighted by molar-refractivity contribution is 0.114. The summed E-state index contributed by atoms with van der Waals surface area (Å²) >= 11 is 0. The lowest BCUT2D eigenvalue weighted by atomic mass is 10.2. The van der Waals surface area contributed by atoms with Gasteiger partial charge < -0.3 is 4.90 Å². The first-order valence-electron chi connectivity index (χ1n) is 9.90. The lowest BCUT2D eigenvalue weighted by Crippen LogP contribution is -2.45. The third-order valence-corrected chi connectivity index (χ3v) is 5.26. The maximum absolute atomic E-state index is 4.94. The molecule has 0 N–H and O–H groups in total. The Hall–Kier alpha value is -1.79. The summed E-state index contributed by atoms with van der Waals surface area (Å²) in [5.74, 6) is 2.83. The van der Waals surface area contributed by atoms with E-state index in [0.717, 1.165) is 56.5 Å². The minimum absolute atomic E-state index is 0.235. The summed E-state index contributed by atoms with van der Waals surface area (Å²) < 4.78 is 1.97. The molecule has 1 saturated heterocycles.